The van der Waals surface area contributed by atoms with Crippen molar-refractivity contribution < 1.29 is 13.9 Å². The number of aromatic nitrogens is 1. The lowest BCUT2D eigenvalue weighted by Gasteiger charge is -2.31. The van der Waals surface area contributed by atoms with Crippen molar-refractivity contribution in [3.63, 3.8) is 0 Å². The van der Waals surface area contributed by atoms with E-state index in [1.807, 2.05) is 37.9 Å². The van der Waals surface area contributed by atoms with Crippen LogP contribution in [0, 0.1) is 11.7 Å². The number of carbonyl (C=O) groups excluding carboxylic acids is 1. The monoisotopic (exact) mass is 344 g/mol. The molecule has 134 valence electrons. The zero-order valence-electron chi connectivity index (χ0n) is 15.0. The van der Waals surface area contributed by atoms with Crippen LogP contribution >= 0.6 is 0 Å². The van der Waals surface area contributed by atoms with Crippen molar-refractivity contribution in [3.05, 3.63) is 35.8 Å². The molecule has 0 unspecified atom stereocenters. The number of rotatable bonds is 1. The normalized spacial score (nSPS) is 26.2. The van der Waals surface area contributed by atoms with Gasteiger partial charge in [0.2, 0.25) is 0 Å². The molecule has 25 heavy (non-hydrogen) atoms. The number of nitrogens with zero attached hydrogens (tertiary/aromatic N) is 1. The Morgan fingerprint density at radius 1 is 1.28 bits per heavy atom. The Hall–Kier alpha value is -2.04. The summed E-state index contributed by atoms with van der Waals surface area (Å²) < 4.78 is 19.1. The molecule has 0 spiro atoms. The van der Waals surface area contributed by atoms with Crippen molar-refractivity contribution in [1.29, 1.82) is 0 Å². The number of aromatic amines is 1. The smallest absolute Gasteiger partial charge is 0.410 e. The summed E-state index contributed by atoms with van der Waals surface area (Å²) >= 11 is 0. The minimum Gasteiger partial charge on any atom is -0.444 e. The summed E-state index contributed by atoms with van der Waals surface area (Å²) in [4.78, 5) is 17.8. The van der Waals surface area contributed by atoms with Crippen LogP contribution in [0.3, 0.4) is 0 Å². The topological polar surface area (TPSA) is 45.3 Å². The molecular formula is C20H25FN2O2. The van der Waals surface area contributed by atoms with E-state index < -0.39 is 5.60 Å². The highest BCUT2D eigenvalue weighted by atomic mass is 19.1. The average Bonchev–Trinajstić information content (AvgIpc) is 3.18. The largest absolute Gasteiger partial charge is 0.444 e. The second-order valence-corrected chi connectivity index (χ2v) is 8.33. The zero-order valence-corrected chi connectivity index (χ0v) is 15.0. The van der Waals surface area contributed by atoms with Crippen LogP contribution in [0.25, 0.3) is 10.9 Å². The number of benzene rings is 1. The molecule has 0 radical (unpaired) electrons. The Kier molecular flexibility index (Phi) is 3.78. The van der Waals surface area contributed by atoms with E-state index in [1.54, 1.807) is 0 Å². The van der Waals surface area contributed by atoms with E-state index in [4.69, 9.17) is 4.74 Å². The van der Waals surface area contributed by atoms with Crippen LogP contribution in [-0.2, 0) is 4.74 Å². The van der Waals surface area contributed by atoms with Crippen LogP contribution in [-0.4, -0.2) is 34.2 Å². The van der Waals surface area contributed by atoms with Gasteiger partial charge in [0.15, 0.2) is 0 Å². The van der Waals surface area contributed by atoms with Crippen LogP contribution in [0.15, 0.2) is 24.4 Å². The van der Waals surface area contributed by atoms with Gasteiger partial charge in [0.1, 0.15) is 11.4 Å². The Labute approximate surface area is 147 Å². The van der Waals surface area contributed by atoms with Gasteiger partial charge in [-0.2, -0.15) is 0 Å². The van der Waals surface area contributed by atoms with Crippen molar-refractivity contribution in [1.82, 2.24) is 9.88 Å². The van der Waals surface area contributed by atoms with Crippen LogP contribution in [0.5, 0.6) is 0 Å². The molecule has 3 atom stereocenters. The SMILES string of the molecule is CC(C)(C)OC(=O)N1CC[C@H]2CC[C@H](c3c[nH]c4cc(F)ccc34)[C@H]21. The van der Waals surface area contributed by atoms with Gasteiger partial charge in [-0.3, -0.25) is 0 Å². The second-order valence-electron chi connectivity index (χ2n) is 8.33. The van der Waals surface area contributed by atoms with Gasteiger partial charge in [-0.05, 0) is 69.7 Å². The molecule has 5 heteroatoms. The summed E-state index contributed by atoms with van der Waals surface area (Å²) in [5.74, 6) is 0.573. The molecule has 2 heterocycles. The van der Waals surface area contributed by atoms with Crippen LogP contribution in [0.2, 0.25) is 0 Å². The minimum absolute atomic E-state index is 0.180. The predicted octanol–water partition coefficient (Wildman–Crippen LogP) is 4.81. The van der Waals surface area contributed by atoms with E-state index in [-0.39, 0.29) is 23.9 Å². The first-order chi connectivity index (χ1) is 11.8. The summed E-state index contributed by atoms with van der Waals surface area (Å²) in [6.07, 6.45) is 5.00. The van der Waals surface area contributed by atoms with E-state index in [0.717, 1.165) is 36.7 Å². The zero-order chi connectivity index (χ0) is 17.8. The molecule has 1 aromatic carbocycles. The summed E-state index contributed by atoms with van der Waals surface area (Å²) in [5, 5.41) is 1.06. The summed E-state index contributed by atoms with van der Waals surface area (Å²) in [6.45, 7) is 6.47. The van der Waals surface area contributed by atoms with Crippen LogP contribution in [0.1, 0.15) is 51.5 Å². The second kappa shape index (κ2) is 5.75. The van der Waals surface area contributed by atoms with Crippen LogP contribution < -0.4 is 0 Å². The van der Waals surface area contributed by atoms with Gasteiger partial charge in [-0.1, -0.05) is 0 Å². The Bertz CT molecular complexity index is 808. The third-order valence-electron chi connectivity index (χ3n) is 5.55. The number of carbonyl (C=O) groups is 1. The maximum atomic E-state index is 13.5. The van der Waals surface area contributed by atoms with Gasteiger partial charge in [0, 0.05) is 35.6 Å². The highest BCUT2D eigenvalue weighted by Crippen LogP contribution is 2.48. The predicted molar refractivity (Wildman–Crippen MR) is 95.1 cm³/mol. The number of halogens is 1. The first-order valence-electron chi connectivity index (χ1n) is 9.09. The van der Waals surface area contributed by atoms with E-state index in [9.17, 15) is 9.18 Å². The maximum absolute atomic E-state index is 13.5. The fourth-order valence-corrected chi connectivity index (χ4v) is 4.61. The molecule has 2 fully saturated rings. The molecule has 4 nitrogen and oxygen atoms in total. The van der Waals surface area contributed by atoms with Gasteiger partial charge < -0.3 is 14.6 Å². The standard InChI is InChI=1S/C20H25FN2O2/c1-20(2,3)25-19(24)23-9-8-12-4-6-15(18(12)23)16-11-22-17-10-13(21)5-7-14(16)17/h5,7,10-12,15,18,22H,4,6,8-9H2,1-3H3/t12-,15-,18+/m1/s1. The van der Waals surface area contributed by atoms with Gasteiger partial charge in [-0.15, -0.1) is 0 Å². The average molecular weight is 344 g/mol. The number of hydrogen-bond donors (Lipinski definition) is 1. The Morgan fingerprint density at radius 2 is 2.08 bits per heavy atom. The molecule has 4 rings (SSSR count). The number of nitrogens with one attached hydrogen (secondary N) is 1. The third-order valence-corrected chi connectivity index (χ3v) is 5.55. The quantitative estimate of drug-likeness (QED) is 0.807. The van der Waals surface area contributed by atoms with Gasteiger partial charge in [0.05, 0.1) is 0 Å². The molecule has 1 saturated carbocycles. The number of H-pyrrole nitrogens is 1. The molecular weight excluding hydrogens is 319 g/mol. The van der Waals surface area contributed by atoms with E-state index in [1.165, 1.54) is 17.7 Å². The van der Waals surface area contributed by atoms with Crippen molar-refractivity contribution in [2.75, 3.05) is 6.54 Å². The van der Waals surface area contributed by atoms with E-state index >= 15 is 0 Å². The summed E-state index contributed by atoms with van der Waals surface area (Å²) in [6, 6.07) is 5.06. The molecule has 1 aliphatic carbocycles. The highest BCUT2D eigenvalue weighted by molar-refractivity contribution is 5.84. The van der Waals surface area contributed by atoms with E-state index in [0.29, 0.717) is 5.92 Å². The molecule has 1 N–H and O–H groups in total. The fraction of sp³-hybridized carbons (Fsp3) is 0.550. The third kappa shape index (κ3) is 2.90. The number of amides is 1. The lowest BCUT2D eigenvalue weighted by Crippen LogP contribution is -2.42. The molecule has 1 aromatic heterocycles. The lowest BCUT2D eigenvalue weighted by molar-refractivity contribution is 0.0204. The molecule has 2 aliphatic rings. The molecule has 1 saturated heterocycles. The summed E-state index contributed by atoms with van der Waals surface area (Å²) in [7, 11) is 0. The number of fused-ring (bicyclic) bond motifs is 2. The molecule has 2 aromatic rings. The summed E-state index contributed by atoms with van der Waals surface area (Å²) in [5.41, 5.74) is 1.53. The molecule has 1 aliphatic heterocycles. The van der Waals surface area contributed by atoms with Crippen molar-refractivity contribution >= 4 is 17.0 Å². The molecule has 1 amide bonds. The Balaban J connectivity index is 1.65. The van der Waals surface area contributed by atoms with Crippen molar-refractivity contribution in [3.8, 4) is 0 Å². The number of hydrogen-bond acceptors (Lipinski definition) is 2. The maximum Gasteiger partial charge on any atom is 0.410 e. The Morgan fingerprint density at radius 3 is 2.84 bits per heavy atom. The van der Waals surface area contributed by atoms with Gasteiger partial charge >= 0.3 is 6.09 Å². The fourth-order valence-electron chi connectivity index (χ4n) is 4.61. The number of ether oxygens (including phenoxy) is 1. The van der Waals surface area contributed by atoms with E-state index in [2.05, 4.69) is 4.98 Å². The molecule has 0 bridgehead atoms. The van der Waals surface area contributed by atoms with Gasteiger partial charge in [-0.25, -0.2) is 9.18 Å². The lowest BCUT2D eigenvalue weighted by atomic mass is 9.91. The van der Waals surface area contributed by atoms with Crippen molar-refractivity contribution in [2.45, 2.75) is 57.6 Å². The highest BCUT2D eigenvalue weighted by Gasteiger charge is 2.48. The first-order valence-corrected chi connectivity index (χ1v) is 9.09. The van der Waals surface area contributed by atoms with Crippen LogP contribution in [0.4, 0.5) is 9.18 Å². The van der Waals surface area contributed by atoms with Crippen molar-refractivity contribution in [2.24, 2.45) is 5.92 Å². The number of likely N-dealkylation sites (tertiary alicyclic amines) is 1. The first kappa shape index (κ1) is 16.4. The van der Waals surface area contributed by atoms with Gasteiger partial charge in [0.25, 0.3) is 0 Å². The minimum atomic E-state index is -0.485.